The summed E-state index contributed by atoms with van der Waals surface area (Å²) in [5.41, 5.74) is 5.25. The molecule has 12 nitrogen and oxygen atoms in total. The fourth-order valence-electron chi connectivity index (χ4n) is 2.00. The summed E-state index contributed by atoms with van der Waals surface area (Å²) in [6, 6.07) is -1.42. The van der Waals surface area contributed by atoms with Crippen molar-refractivity contribution in [2.45, 2.75) is 18.3 Å². The molecule has 0 bridgehead atoms. The molecule has 3 N–H and O–H groups in total. The molecule has 1 aromatic heterocycles. The number of oxime groups is 1. The number of hydrogen-bond donors (Lipinski definition) is 2. The third-order valence-corrected chi connectivity index (χ3v) is 5.73. The maximum Gasteiger partial charge on any atom is 1.00 e. The molecular weight excluding hydrogens is 433 g/mol. The number of thiazole rings is 1. The van der Waals surface area contributed by atoms with Crippen LogP contribution < -0.4 is 40.6 Å². The first-order valence-electron chi connectivity index (χ1n) is 6.66. The average molecular weight is 445 g/mol. The number of carbonyl (C=O) groups is 3. The van der Waals surface area contributed by atoms with E-state index in [0.717, 1.165) is 18.3 Å². The Morgan fingerprint density at radius 1 is 1.52 bits per heavy atom. The van der Waals surface area contributed by atoms with E-state index in [-0.39, 0.29) is 50.4 Å². The van der Waals surface area contributed by atoms with Gasteiger partial charge >= 0.3 is 29.6 Å². The van der Waals surface area contributed by atoms with Crippen molar-refractivity contribution in [3.8, 4) is 0 Å². The molecule has 0 unspecified atom stereocenters. The van der Waals surface area contributed by atoms with Crippen LogP contribution in [0.3, 0.4) is 0 Å². The first-order chi connectivity index (χ1) is 12.1. The summed E-state index contributed by atoms with van der Waals surface area (Å²) >= 11 is 1.46. The zero-order chi connectivity index (χ0) is 19.6. The van der Waals surface area contributed by atoms with Gasteiger partial charge in [-0.3, -0.25) is 14.4 Å². The van der Waals surface area contributed by atoms with E-state index in [1.807, 2.05) is 0 Å². The van der Waals surface area contributed by atoms with Crippen LogP contribution in [0.2, 0.25) is 0 Å². The third-order valence-electron chi connectivity index (χ3n) is 2.98. The van der Waals surface area contributed by atoms with Crippen LogP contribution in [0.1, 0.15) is 12.6 Å². The summed E-state index contributed by atoms with van der Waals surface area (Å²) in [5, 5.41) is 5.37. The van der Waals surface area contributed by atoms with Gasteiger partial charge in [-0.2, -0.15) is 0 Å². The predicted octanol–water partition coefficient (Wildman–Crippen LogP) is -4.53. The van der Waals surface area contributed by atoms with Crippen molar-refractivity contribution in [2.24, 2.45) is 5.16 Å². The number of amides is 2. The maximum absolute atomic E-state index is 12.4. The van der Waals surface area contributed by atoms with Crippen LogP contribution in [0.5, 0.6) is 0 Å². The molecule has 142 valence electrons. The van der Waals surface area contributed by atoms with E-state index in [2.05, 4.69) is 20.3 Å². The Labute approximate surface area is 184 Å². The minimum Gasteiger partial charge on any atom is -0.731 e. The molecule has 0 aromatic carbocycles. The van der Waals surface area contributed by atoms with Gasteiger partial charge in [0.05, 0.1) is 0 Å². The van der Waals surface area contributed by atoms with Crippen LogP contribution in [-0.2, 0) is 29.5 Å². The first kappa shape index (κ1) is 23.8. The van der Waals surface area contributed by atoms with Crippen molar-refractivity contribution >= 4 is 61.2 Å². The fourth-order valence-corrected chi connectivity index (χ4v) is 4.56. The smallest absolute Gasteiger partial charge is 0.731 e. The normalized spacial score (nSPS) is 19.7. The van der Waals surface area contributed by atoms with E-state index in [1.165, 1.54) is 12.5 Å². The second-order valence-corrected chi connectivity index (χ2v) is 8.17. The summed E-state index contributed by atoms with van der Waals surface area (Å²) in [4.78, 5) is 44.0. The van der Waals surface area contributed by atoms with Crippen LogP contribution in [0.25, 0.3) is 0 Å². The molecule has 2 amide bonds. The molecular formula is C11H12N5NaO7S3. The molecule has 16 heteroatoms. The van der Waals surface area contributed by atoms with Crippen LogP contribution >= 0.6 is 23.1 Å². The molecule has 2 atom stereocenters. The van der Waals surface area contributed by atoms with Crippen LogP contribution in [-0.4, -0.2) is 63.4 Å². The Morgan fingerprint density at radius 3 is 2.59 bits per heavy atom. The second-order valence-electron chi connectivity index (χ2n) is 4.74. The van der Waals surface area contributed by atoms with Crippen molar-refractivity contribution in [2.75, 3.05) is 12.8 Å². The van der Waals surface area contributed by atoms with Crippen LogP contribution in [0, 0.1) is 0 Å². The van der Waals surface area contributed by atoms with Gasteiger partial charge in [-0.15, -0.1) is 11.3 Å². The van der Waals surface area contributed by atoms with Gasteiger partial charge in [-0.05, 0) is 0 Å². The number of nitrogen functional groups attached to an aromatic ring is 1. The minimum absolute atomic E-state index is 0. The number of hydrogen-bond acceptors (Lipinski definition) is 12. The van der Waals surface area contributed by atoms with Crippen molar-refractivity contribution in [1.29, 1.82) is 0 Å². The number of rotatable bonds is 6. The summed E-state index contributed by atoms with van der Waals surface area (Å²) < 4.78 is 33.5. The predicted molar refractivity (Wildman–Crippen MR) is 90.6 cm³/mol. The van der Waals surface area contributed by atoms with Gasteiger partial charge in [0.25, 0.3) is 11.8 Å². The topological polar surface area (TPSA) is 184 Å². The van der Waals surface area contributed by atoms with Gasteiger partial charge in [-0.25, -0.2) is 17.7 Å². The number of nitrogens with two attached hydrogens (primary N) is 1. The third kappa shape index (κ3) is 5.40. The van der Waals surface area contributed by atoms with Crippen molar-refractivity contribution in [3.05, 3.63) is 11.1 Å². The monoisotopic (exact) mass is 445 g/mol. The Hall–Kier alpha value is -1.23. The first-order valence-corrected chi connectivity index (χ1v) is 9.78. The number of aromatic nitrogens is 1. The largest absolute Gasteiger partial charge is 1.00 e. The van der Waals surface area contributed by atoms with Gasteiger partial charge in [0.15, 0.2) is 26.3 Å². The van der Waals surface area contributed by atoms with E-state index < -0.39 is 38.6 Å². The minimum atomic E-state index is -5.13. The molecule has 1 fully saturated rings. The molecule has 0 aliphatic carbocycles. The zero-order valence-corrected chi connectivity index (χ0v) is 18.7. The zero-order valence-electron chi connectivity index (χ0n) is 14.2. The molecule has 2 heterocycles. The van der Waals surface area contributed by atoms with Crippen LogP contribution in [0.15, 0.2) is 10.5 Å². The van der Waals surface area contributed by atoms with E-state index in [4.69, 9.17) is 5.73 Å². The fraction of sp³-hybridized carbons (Fsp3) is 0.364. The van der Waals surface area contributed by atoms with E-state index >= 15 is 0 Å². The summed E-state index contributed by atoms with van der Waals surface area (Å²) in [5.74, 6) is -2.09. The number of nitrogens with zero attached hydrogens (tertiary/aromatic N) is 3. The Bertz CT molecular complexity index is 887. The van der Waals surface area contributed by atoms with Crippen LogP contribution in [0.4, 0.5) is 5.13 Å². The standard InChI is InChI=1S/C11H13N5O7S3.Na/c1-4(17)25-10-7(9(19)16(10)26(20,21)22)14-8(18)6(15-23-2)5-3-24-11(12)13-5;/h3,7,10H,1-2H3,(H2,12,13)(H,14,18)(H,20,21,22);/q;+1/p-1/t7-,10+;/m1./s1. The quantitative estimate of drug-likeness (QED) is 0.142. The summed E-state index contributed by atoms with van der Waals surface area (Å²) in [6.45, 7) is 1.12. The van der Waals surface area contributed by atoms with Gasteiger partial charge in [0.2, 0.25) is 0 Å². The molecule has 2 rings (SSSR count). The van der Waals surface area contributed by atoms with Gasteiger partial charge in [0.1, 0.15) is 24.2 Å². The van der Waals surface area contributed by atoms with Gasteiger partial charge in [-0.1, -0.05) is 16.9 Å². The molecule has 0 saturated carbocycles. The molecule has 1 aliphatic rings. The number of carbonyl (C=O) groups excluding carboxylic acids is 3. The van der Waals surface area contributed by atoms with Crippen molar-refractivity contribution in [1.82, 2.24) is 14.6 Å². The Balaban J connectivity index is 0.00000364. The number of β-lactam (4-membered cyclic amide) rings is 1. The van der Waals surface area contributed by atoms with E-state index in [9.17, 15) is 27.4 Å². The number of anilines is 1. The van der Waals surface area contributed by atoms with E-state index in [1.54, 1.807) is 0 Å². The molecule has 27 heavy (non-hydrogen) atoms. The maximum atomic E-state index is 12.4. The van der Waals surface area contributed by atoms with E-state index in [0.29, 0.717) is 11.8 Å². The summed E-state index contributed by atoms with van der Waals surface area (Å²) in [6.07, 6.45) is 0. The number of thioether (sulfide) groups is 1. The molecule has 0 spiro atoms. The molecule has 1 aromatic rings. The Morgan fingerprint density at radius 2 is 2.15 bits per heavy atom. The van der Waals surface area contributed by atoms with Gasteiger partial charge < -0.3 is 20.4 Å². The van der Waals surface area contributed by atoms with Crippen molar-refractivity contribution in [3.63, 3.8) is 0 Å². The summed E-state index contributed by atoms with van der Waals surface area (Å²) in [7, 11) is -3.95. The molecule has 1 saturated heterocycles. The van der Waals surface area contributed by atoms with Crippen molar-refractivity contribution < 1.29 is 61.7 Å². The molecule has 0 radical (unpaired) electrons. The Kier molecular flexibility index (Phi) is 8.21. The molecule has 1 aliphatic heterocycles. The number of nitrogens with one attached hydrogen (secondary N) is 1. The van der Waals surface area contributed by atoms with Gasteiger partial charge in [0, 0.05) is 12.3 Å². The SMILES string of the molecule is CON=C(C(=O)N[C@@H]1C(=O)N(S(=O)(=O)[O-])[C@H]1SC(C)=O)c1csc(N)n1.[Na+]. The second kappa shape index (κ2) is 9.31. The average Bonchev–Trinajstić information content (AvgIpc) is 2.94.